The van der Waals surface area contributed by atoms with Gasteiger partial charge < -0.3 is 9.64 Å². The summed E-state index contributed by atoms with van der Waals surface area (Å²) in [6.45, 7) is 2.97. The molecule has 0 spiro atoms. The summed E-state index contributed by atoms with van der Waals surface area (Å²) in [7, 11) is 0.586. The third-order valence-electron chi connectivity index (χ3n) is 1.92. The SMILES string of the molecule is COC(=O)N1CCS(=O)C(C)C1. The van der Waals surface area contributed by atoms with E-state index in [0.29, 0.717) is 18.8 Å². The van der Waals surface area contributed by atoms with Gasteiger partial charge in [-0.1, -0.05) is 0 Å². The van der Waals surface area contributed by atoms with E-state index in [0.717, 1.165) is 0 Å². The van der Waals surface area contributed by atoms with Crippen LogP contribution in [-0.2, 0) is 15.5 Å². The normalized spacial score (nSPS) is 30.0. The lowest BCUT2D eigenvalue weighted by molar-refractivity contribution is 0.125. The maximum atomic E-state index is 11.2. The summed E-state index contributed by atoms with van der Waals surface area (Å²) in [5, 5.41) is 0.0675. The molecule has 2 atom stereocenters. The van der Waals surface area contributed by atoms with E-state index in [2.05, 4.69) is 4.74 Å². The number of hydrogen-bond donors (Lipinski definition) is 0. The van der Waals surface area contributed by atoms with Crippen LogP contribution < -0.4 is 0 Å². The Morgan fingerprint density at radius 2 is 2.33 bits per heavy atom. The number of hydrogen-bond acceptors (Lipinski definition) is 3. The molecule has 2 unspecified atom stereocenters. The second kappa shape index (κ2) is 3.89. The first kappa shape index (κ1) is 9.51. The topological polar surface area (TPSA) is 46.6 Å². The van der Waals surface area contributed by atoms with Crippen molar-refractivity contribution in [3.05, 3.63) is 0 Å². The fourth-order valence-corrected chi connectivity index (χ4v) is 2.33. The highest BCUT2D eigenvalue weighted by Gasteiger charge is 2.25. The zero-order chi connectivity index (χ0) is 9.14. The highest BCUT2D eigenvalue weighted by atomic mass is 32.2. The van der Waals surface area contributed by atoms with E-state index in [4.69, 9.17) is 0 Å². The van der Waals surface area contributed by atoms with Gasteiger partial charge in [-0.2, -0.15) is 0 Å². The van der Waals surface area contributed by atoms with Gasteiger partial charge in [0.1, 0.15) is 0 Å². The van der Waals surface area contributed by atoms with E-state index < -0.39 is 10.8 Å². The Kier molecular flexibility index (Phi) is 3.08. The molecule has 0 radical (unpaired) electrons. The van der Waals surface area contributed by atoms with Crippen LogP contribution in [0.2, 0.25) is 0 Å². The third-order valence-corrected chi connectivity index (χ3v) is 3.55. The van der Waals surface area contributed by atoms with E-state index in [1.807, 2.05) is 6.92 Å². The van der Waals surface area contributed by atoms with Crippen molar-refractivity contribution >= 4 is 16.9 Å². The molecule has 0 aromatic heterocycles. The number of rotatable bonds is 0. The van der Waals surface area contributed by atoms with Gasteiger partial charge in [0, 0.05) is 34.9 Å². The molecule has 12 heavy (non-hydrogen) atoms. The second-order valence-electron chi connectivity index (χ2n) is 2.81. The Labute approximate surface area is 74.3 Å². The molecule has 0 aliphatic carbocycles. The zero-order valence-corrected chi connectivity index (χ0v) is 8.10. The second-order valence-corrected chi connectivity index (χ2v) is 4.79. The van der Waals surface area contributed by atoms with Crippen LogP contribution in [0.4, 0.5) is 4.79 Å². The van der Waals surface area contributed by atoms with Gasteiger partial charge in [0.2, 0.25) is 0 Å². The van der Waals surface area contributed by atoms with E-state index in [1.54, 1.807) is 4.90 Å². The average molecular weight is 191 g/mol. The van der Waals surface area contributed by atoms with Crippen LogP contribution in [0.15, 0.2) is 0 Å². The molecule has 0 N–H and O–H groups in total. The Morgan fingerprint density at radius 1 is 1.67 bits per heavy atom. The predicted octanol–water partition coefficient (Wildman–Crippen LogP) is 0.206. The van der Waals surface area contributed by atoms with Crippen molar-refractivity contribution in [2.75, 3.05) is 26.0 Å². The minimum absolute atomic E-state index is 0.0675. The van der Waals surface area contributed by atoms with Crippen molar-refractivity contribution < 1.29 is 13.7 Å². The van der Waals surface area contributed by atoms with Crippen molar-refractivity contribution in [1.29, 1.82) is 0 Å². The van der Waals surface area contributed by atoms with Gasteiger partial charge in [-0.25, -0.2) is 4.79 Å². The van der Waals surface area contributed by atoms with Crippen molar-refractivity contribution in [2.24, 2.45) is 0 Å². The monoisotopic (exact) mass is 191 g/mol. The molecular weight excluding hydrogens is 178 g/mol. The summed E-state index contributed by atoms with van der Waals surface area (Å²) in [4.78, 5) is 12.6. The molecule has 0 bridgehead atoms. The van der Waals surface area contributed by atoms with Gasteiger partial charge in [-0.05, 0) is 6.92 Å². The van der Waals surface area contributed by atoms with Crippen molar-refractivity contribution in [1.82, 2.24) is 4.90 Å². The fraction of sp³-hybridized carbons (Fsp3) is 0.857. The van der Waals surface area contributed by atoms with Crippen molar-refractivity contribution in [3.8, 4) is 0 Å². The summed E-state index contributed by atoms with van der Waals surface area (Å²) in [6.07, 6.45) is -0.321. The molecule has 1 aliphatic heterocycles. The van der Waals surface area contributed by atoms with Gasteiger partial charge >= 0.3 is 6.09 Å². The highest BCUT2D eigenvalue weighted by molar-refractivity contribution is 7.85. The standard InChI is InChI=1S/C7H13NO3S/c1-6-5-8(7(9)11-2)3-4-12(6)10/h6H,3-5H2,1-2H3. The van der Waals surface area contributed by atoms with Gasteiger partial charge in [0.15, 0.2) is 0 Å². The molecular formula is C7H13NO3S. The summed E-state index contributed by atoms with van der Waals surface area (Å²) in [6, 6.07) is 0. The fourth-order valence-electron chi connectivity index (χ4n) is 1.18. The van der Waals surface area contributed by atoms with Gasteiger partial charge in [0.25, 0.3) is 0 Å². The first-order valence-electron chi connectivity index (χ1n) is 3.85. The number of ether oxygens (including phenoxy) is 1. The molecule has 5 heteroatoms. The van der Waals surface area contributed by atoms with Crippen LogP contribution in [0.3, 0.4) is 0 Å². The van der Waals surface area contributed by atoms with Gasteiger partial charge in [-0.3, -0.25) is 4.21 Å². The number of nitrogens with zero attached hydrogens (tertiary/aromatic N) is 1. The van der Waals surface area contributed by atoms with Crippen molar-refractivity contribution in [2.45, 2.75) is 12.2 Å². The van der Waals surface area contributed by atoms with E-state index >= 15 is 0 Å². The van der Waals surface area contributed by atoms with Gasteiger partial charge in [-0.15, -0.1) is 0 Å². The molecule has 1 aliphatic rings. The Hall–Kier alpha value is -0.580. The number of carbonyl (C=O) groups is 1. The molecule has 0 aromatic rings. The molecule has 1 saturated heterocycles. The Morgan fingerprint density at radius 3 is 2.83 bits per heavy atom. The highest BCUT2D eigenvalue weighted by Crippen LogP contribution is 2.08. The lowest BCUT2D eigenvalue weighted by atomic mass is 10.4. The maximum Gasteiger partial charge on any atom is 0.409 e. The van der Waals surface area contributed by atoms with Crippen LogP contribution >= 0.6 is 0 Å². The first-order chi connectivity index (χ1) is 5.65. The van der Waals surface area contributed by atoms with Crippen LogP contribution in [0.25, 0.3) is 0 Å². The number of amides is 1. The van der Waals surface area contributed by atoms with Crippen molar-refractivity contribution in [3.63, 3.8) is 0 Å². The molecule has 0 aromatic carbocycles. The molecule has 70 valence electrons. The maximum absolute atomic E-state index is 11.2. The Balaban J connectivity index is 2.50. The summed E-state index contributed by atoms with van der Waals surface area (Å²) < 4.78 is 15.7. The van der Waals surface area contributed by atoms with Crippen LogP contribution in [0.1, 0.15) is 6.92 Å². The number of carbonyl (C=O) groups excluding carboxylic acids is 1. The smallest absolute Gasteiger partial charge is 0.409 e. The van der Waals surface area contributed by atoms with E-state index in [1.165, 1.54) is 7.11 Å². The third kappa shape index (κ3) is 1.97. The van der Waals surface area contributed by atoms with Crippen LogP contribution in [-0.4, -0.2) is 46.4 Å². The predicted molar refractivity (Wildman–Crippen MR) is 46.4 cm³/mol. The first-order valence-corrected chi connectivity index (χ1v) is 5.23. The molecule has 4 nitrogen and oxygen atoms in total. The minimum atomic E-state index is -0.774. The lowest BCUT2D eigenvalue weighted by Crippen LogP contribution is -2.45. The summed E-state index contributed by atoms with van der Waals surface area (Å²) in [5.41, 5.74) is 0. The molecule has 1 fully saturated rings. The van der Waals surface area contributed by atoms with Crippen LogP contribution in [0, 0.1) is 0 Å². The lowest BCUT2D eigenvalue weighted by Gasteiger charge is -2.28. The number of methoxy groups -OCH3 is 1. The molecule has 1 amide bonds. The molecule has 1 rings (SSSR count). The zero-order valence-electron chi connectivity index (χ0n) is 7.28. The Bertz CT molecular complexity index is 207. The molecule has 1 heterocycles. The van der Waals surface area contributed by atoms with E-state index in [9.17, 15) is 9.00 Å². The van der Waals surface area contributed by atoms with Crippen LogP contribution in [0.5, 0.6) is 0 Å². The summed E-state index contributed by atoms with van der Waals surface area (Å²) >= 11 is 0. The quantitative estimate of drug-likeness (QED) is 0.549. The average Bonchev–Trinajstić information content (AvgIpc) is 2.08. The minimum Gasteiger partial charge on any atom is -0.453 e. The largest absolute Gasteiger partial charge is 0.453 e. The van der Waals surface area contributed by atoms with Gasteiger partial charge in [0.05, 0.1) is 7.11 Å². The van der Waals surface area contributed by atoms with E-state index in [-0.39, 0.29) is 11.3 Å². The summed E-state index contributed by atoms with van der Waals surface area (Å²) in [5.74, 6) is 0.566. The molecule has 0 saturated carbocycles.